The minimum absolute atomic E-state index is 0.220. The summed E-state index contributed by atoms with van der Waals surface area (Å²) < 4.78 is 5.41. The van der Waals surface area contributed by atoms with Gasteiger partial charge < -0.3 is 10.1 Å². The van der Waals surface area contributed by atoms with E-state index < -0.39 is 0 Å². The number of anilines is 1. The zero-order chi connectivity index (χ0) is 15.1. The smallest absolute Gasteiger partial charge is 0.338 e. The van der Waals surface area contributed by atoms with Crippen LogP contribution < -0.4 is 5.32 Å². The zero-order valence-electron chi connectivity index (χ0n) is 11.8. The van der Waals surface area contributed by atoms with Crippen LogP contribution in [0.25, 0.3) is 0 Å². The highest BCUT2D eigenvalue weighted by molar-refractivity contribution is 5.89. The first-order chi connectivity index (χ1) is 10.2. The molecule has 1 unspecified atom stereocenters. The molecule has 0 fully saturated rings. The van der Waals surface area contributed by atoms with Crippen LogP contribution in [0.5, 0.6) is 0 Å². The van der Waals surface area contributed by atoms with Crippen molar-refractivity contribution in [1.82, 2.24) is 0 Å². The van der Waals surface area contributed by atoms with Crippen LogP contribution in [0.3, 0.4) is 0 Å². The maximum absolute atomic E-state index is 11.9. The minimum atomic E-state index is -0.317. The number of esters is 1. The molecule has 1 atom stereocenters. The van der Waals surface area contributed by atoms with Gasteiger partial charge in [0.25, 0.3) is 0 Å². The van der Waals surface area contributed by atoms with Crippen molar-refractivity contribution in [3.05, 3.63) is 65.7 Å². The van der Waals surface area contributed by atoms with Gasteiger partial charge in [-0.05, 0) is 36.8 Å². The summed E-state index contributed by atoms with van der Waals surface area (Å²) in [6.45, 7) is 1.86. The second-order valence-corrected chi connectivity index (χ2v) is 4.75. The highest BCUT2D eigenvalue weighted by Gasteiger charge is 2.12. The molecule has 2 rings (SSSR count). The number of hydrogen-bond donors (Lipinski definition) is 1. The quantitative estimate of drug-likeness (QED) is 0.655. The van der Waals surface area contributed by atoms with E-state index in [0.29, 0.717) is 18.4 Å². The van der Waals surface area contributed by atoms with Gasteiger partial charge in [0.1, 0.15) is 6.10 Å². The average Bonchev–Trinajstić information content (AvgIpc) is 2.50. The lowest BCUT2D eigenvalue weighted by Crippen LogP contribution is -2.17. The largest absolute Gasteiger partial charge is 0.459 e. The van der Waals surface area contributed by atoms with Gasteiger partial charge in [-0.15, -0.1) is 0 Å². The molecule has 21 heavy (non-hydrogen) atoms. The predicted molar refractivity (Wildman–Crippen MR) is 81.2 cm³/mol. The molecule has 4 heteroatoms. The molecule has 1 N–H and O–H groups in total. The molecule has 0 radical (unpaired) electrons. The van der Waals surface area contributed by atoms with E-state index in [2.05, 4.69) is 5.32 Å². The van der Waals surface area contributed by atoms with Crippen molar-refractivity contribution in [2.45, 2.75) is 19.4 Å². The molecule has 108 valence electrons. The molecule has 1 amide bonds. The molecule has 0 saturated heterocycles. The fraction of sp³-hybridized carbons (Fsp3) is 0.176. The molecule has 2 aromatic carbocycles. The molecule has 0 aromatic heterocycles. The van der Waals surface area contributed by atoms with Crippen LogP contribution >= 0.6 is 0 Å². The number of amides is 1. The van der Waals surface area contributed by atoms with Gasteiger partial charge in [0.05, 0.1) is 5.56 Å². The van der Waals surface area contributed by atoms with Crippen LogP contribution in [0, 0.1) is 0 Å². The van der Waals surface area contributed by atoms with E-state index >= 15 is 0 Å². The van der Waals surface area contributed by atoms with Gasteiger partial charge in [-0.2, -0.15) is 0 Å². The van der Waals surface area contributed by atoms with Gasteiger partial charge in [0.2, 0.25) is 6.41 Å². The van der Waals surface area contributed by atoms with E-state index in [-0.39, 0.29) is 12.1 Å². The van der Waals surface area contributed by atoms with Crippen LogP contribution in [-0.4, -0.2) is 18.5 Å². The molecule has 0 aliphatic carbocycles. The Morgan fingerprint density at radius 1 is 1.14 bits per heavy atom. The first-order valence-electron chi connectivity index (χ1n) is 6.74. The van der Waals surface area contributed by atoms with E-state index in [1.54, 1.807) is 24.3 Å². The first kappa shape index (κ1) is 14.8. The van der Waals surface area contributed by atoms with Gasteiger partial charge >= 0.3 is 5.97 Å². The maximum Gasteiger partial charge on any atom is 0.338 e. The number of nitrogens with one attached hydrogen (secondary N) is 1. The Morgan fingerprint density at radius 2 is 1.81 bits per heavy atom. The number of carbonyl (C=O) groups is 2. The van der Waals surface area contributed by atoms with Crippen molar-refractivity contribution >= 4 is 18.1 Å². The molecule has 0 aliphatic rings. The summed E-state index contributed by atoms with van der Waals surface area (Å²) in [5.41, 5.74) is 2.33. The van der Waals surface area contributed by atoms with Gasteiger partial charge in [-0.1, -0.05) is 30.3 Å². The summed E-state index contributed by atoms with van der Waals surface area (Å²) >= 11 is 0. The van der Waals surface area contributed by atoms with Crippen molar-refractivity contribution in [3.63, 3.8) is 0 Å². The molecule has 4 nitrogen and oxygen atoms in total. The first-order valence-corrected chi connectivity index (χ1v) is 6.74. The van der Waals surface area contributed by atoms with Crippen LogP contribution in [0.1, 0.15) is 22.8 Å². The average molecular weight is 283 g/mol. The third-order valence-corrected chi connectivity index (χ3v) is 3.02. The molecule has 0 heterocycles. The monoisotopic (exact) mass is 283 g/mol. The lowest BCUT2D eigenvalue weighted by atomic mass is 10.1. The summed E-state index contributed by atoms with van der Waals surface area (Å²) in [4.78, 5) is 22.2. The van der Waals surface area contributed by atoms with Gasteiger partial charge in [-0.3, -0.25) is 4.79 Å². The van der Waals surface area contributed by atoms with E-state index in [1.165, 1.54) is 0 Å². The lowest BCUT2D eigenvalue weighted by molar-refractivity contribution is -0.105. The number of hydrogen-bond acceptors (Lipinski definition) is 3. The number of benzene rings is 2. The Hall–Kier alpha value is -2.62. The molecular weight excluding hydrogens is 266 g/mol. The molecular formula is C17H17NO3. The fourth-order valence-electron chi connectivity index (χ4n) is 2.00. The highest BCUT2D eigenvalue weighted by atomic mass is 16.5. The van der Waals surface area contributed by atoms with Gasteiger partial charge in [0.15, 0.2) is 0 Å². The molecule has 0 bridgehead atoms. The lowest BCUT2D eigenvalue weighted by Gasteiger charge is -2.13. The summed E-state index contributed by atoms with van der Waals surface area (Å²) in [5.74, 6) is -0.317. The van der Waals surface area contributed by atoms with Gasteiger partial charge in [-0.25, -0.2) is 4.79 Å². The number of carbonyl (C=O) groups excluding carboxylic acids is 2. The van der Waals surface area contributed by atoms with Crippen LogP contribution in [0.4, 0.5) is 5.69 Å². The van der Waals surface area contributed by atoms with Crippen molar-refractivity contribution in [2.24, 2.45) is 0 Å². The van der Waals surface area contributed by atoms with E-state index in [4.69, 9.17) is 4.74 Å². The van der Waals surface area contributed by atoms with E-state index in [1.807, 2.05) is 37.3 Å². The Kier molecular flexibility index (Phi) is 5.10. The SMILES string of the molecule is CC(Cc1ccc(NC=O)cc1)OC(=O)c1ccccc1. The van der Waals surface area contributed by atoms with Crippen molar-refractivity contribution in [3.8, 4) is 0 Å². The molecule has 0 aliphatic heterocycles. The second-order valence-electron chi connectivity index (χ2n) is 4.75. The Labute approximate surface area is 123 Å². The topological polar surface area (TPSA) is 55.4 Å². The summed E-state index contributed by atoms with van der Waals surface area (Å²) in [5, 5.41) is 2.58. The van der Waals surface area contributed by atoms with Crippen molar-refractivity contribution in [2.75, 3.05) is 5.32 Å². The highest BCUT2D eigenvalue weighted by Crippen LogP contribution is 2.12. The predicted octanol–water partition coefficient (Wildman–Crippen LogP) is 3.04. The Balaban J connectivity index is 1.90. The van der Waals surface area contributed by atoms with Crippen LogP contribution in [-0.2, 0) is 16.0 Å². The zero-order valence-corrected chi connectivity index (χ0v) is 11.8. The molecule has 2 aromatic rings. The minimum Gasteiger partial charge on any atom is -0.459 e. The maximum atomic E-state index is 11.9. The Bertz CT molecular complexity index is 593. The number of rotatable bonds is 6. The van der Waals surface area contributed by atoms with E-state index in [9.17, 15) is 9.59 Å². The van der Waals surface area contributed by atoms with Crippen LogP contribution in [0.15, 0.2) is 54.6 Å². The number of ether oxygens (including phenoxy) is 1. The molecule has 0 saturated carbocycles. The third-order valence-electron chi connectivity index (χ3n) is 3.02. The summed E-state index contributed by atoms with van der Waals surface area (Å²) in [7, 11) is 0. The summed E-state index contributed by atoms with van der Waals surface area (Å²) in [6.07, 6.45) is 1.04. The normalized spacial score (nSPS) is 11.5. The standard InChI is InChI=1S/C17H17NO3/c1-13(21-17(20)15-5-3-2-4-6-15)11-14-7-9-16(10-8-14)18-12-19/h2-10,12-13H,11H2,1H3,(H,18,19). The van der Waals surface area contributed by atoms with Crippen LogP contribution in [0.2, 0.25) is 0 Å². The summed E-state index contributed by atoms with van der Waals surface area (Å²) in [6, 6.07) is 16.4. The fourth-order valence-corrected chi connectivity index (χ4v) is 2.00. The van der Waals surface area contributed by atoms with Crippen molar-refractivity contribution < 1.29 is 14.3 Å². The Morgan fingerprint density at radius 3 is 2.43 bits per heavy atom. The van der Waals surface area contributed by atoms with Gasteiger partial charge in [0, 0.05) is 12.1 Å². The van der Waals surface area contributed by atoms with E-state index in [0.717, 1.165) is 11.3 Å². The second kappa shape index (κ2) is 7.24. The third kappa shape index (κ3) is 4.45. The molecule has 0 spiro atoms. The van der Waals surface area contributed by atoms with Crippen molar-refractivity contribution in [1.29, 1.82) is 0 Å².